The zero-order chi connectivity index (χ0) is 11.5. The van der Waals surface area contributed by atoms with E-state index in [0.717, 1.165) is 10.7 Å². The molecule has 2 nitrogen and oxygen atoms in total. The largest absolute Gasteiger partial charge is 0.376 e. The number of anilines is 1. The van der Waals surface area contributed by atoms with Gasteiger partial charge in [-0.1, -0.05) is 11.6 Å². The van der Waals surface area contributed by atoms with Gasteiger partial charge in [-0.05, 0) is 25.1 Å². The van der Waals surface area contributed by atoms with Crippen LogP contribution in [0.15, 0.2) is 23.6 Å². The van der Waals surface area contributed by atoms with Gasteiger partial charge in [0, 0.05) is 16.1 Å². The van der Waals surface area contributed by atoms with Crippen molar-refractivity contribution in [2.75, 3.05) is 5.32 Å². The van der Waals surface area contributed by atoms with E-state index < -0.39 is 0 Å². The van der Waals surface area contributed by atoms with E-state index in [0.29, 0.717) is 17.3 Å². The molecule has 0 unspecified atom stereocenters. The summed E-state index contributed by atoms with van der Waals surface area (Å²) in [5.41, 5.74) is 1.38. The summed E-state index contributed by atoms with van der Waals surface area (Å²) in [5.74, 6) is -0.308. The zero-order valence-electron chi connectivity index (χ0n) is 8.63. The molecule has 5 heteroatoms. The number of aromatic nitrogens is 1. The number of hydrogen-bond donors (Lipinski definition) is 1. The van der Waals surface area contributed by atoms with Crippen molar-refractivity contribution in [1.82, 2.24) is 4.98 Å². The lowest BCUT2D eigenvalue weighted by Gasteiger charge is -2.05. The van der Waals surface area contributed by atoms with Crippen LogP contribution in [-0.2, 0) is 6.54 Å². The van der Waals surface area contributed by atoms with Crippen LogP contribution < -0.4 is 5.32 Å². The maximum Gasteiger partial charge on any atom is 0.146 e. The lowest BCUT2D eigenvalue weighted by Crippen LogP contribution is -2.01. The molecule has 2 rings (SSSR count). The standard InChI is InChI=1S/C11H10ClFN2S/c1-7-6-16-11(15-7)5-14-10-4-8(12)2-3-9(10)13/h2-4,6,14H,5H2,1H3. The normalized spacial score (nSPS) is 10.4. The molecule has 0 aliphatic carbocycles. The van der Waals surface area contributed by atoms with Crippen LogP contribution in [0.5, 0.6) is 0 Å². The van der Waals surface area contributed by atoms with Crippen LogP contribution in [0.2, 0.25) is 5.02 Å². The maximum atomic E-state index is 13.3. The first-order valence-electron chi connectivity index (χ1n) is 4.75. The van der Waals surface area contributed by atoms with Gasteiger partial charge in [-0.25, -0.2) is 9.37 Å². The molecule has 0 atom stereocenters. The highest BCUT2D eigenvalue weighted by Crippen LogP contribution is 2.20. The lowest BCUT2D eigenvalue weighted by atomic mass is 10.3. The molecule has 0 saturated carbocycles. The molecular formula is C11H10ClFN2S. The Kier molecular flexibility index (Phi) is 3.41. The SMILES string of the molecule is Cc1csc(CNc2cc(Cl)ccc2F)n1. The van der Waals surface area contributed by atoms with Crippen LogP contribution >= 0.6 is 22.9 Å². The Hall–Kier alpha value is -1.13. The second kappa shape index (κ2) is 4.80. The summed E-state index contributed by atoms with van der Waals surface area (Å²) < 4.78 is 13.3. The number of nitrogens with zero attached hydrogens (tertiary/aromatic N) is 1. The predicted molar refractivity (Wildman–Crippen MR) is 65.6 cm³/mol. The average molecular weight is 257 g/mol. The maximum absolute atomic E-state index is 13.3. The Morgan fingerprint density at radius 1 is 1.50 bits per heavy atom. The minimum Gasteiger partial charge on any atom is -0.376 e. The number of thiazole rings is 1. The van der Waals surface area contributed by atoms with Gasteiger partial charge in [0.25, 0.3) is 0 Å². The van der Waals surface area contributed by atoms with Crippen molar-refractivity contribution < 1.29 is 4.39 Å². The number of benzene rings is 1. The summed E-state index contributed by atoms with van der Waals surface area (Å²) in [7, 11) is 0. The van der Waals surface area contributed by atoms with E-state index in [9.17, 15) is 4.39 Å². The van der Waals surface area contributed by atoms with Gasteiger partial charge in [0.1, 0.15) is 10.8 Å². The van der Waals surface area contributed by atoms with Crippen LogP contribution in [0, 0.1) is 12.7 Å². The molecule has 0 bridgehead atoms. The lowest BCUT2D eigenvalue weighted by molar-refractivity contribution is 0.630. The van der Waals surface area contributed by atoms with Crippen molar-refractivity contribution in [2.24, 2.45) is 0 Å². The third-order valence-electron chi connectivity index (χ3n) is 2.03. The van der Waals surface area contributed by atoms with Crippen LogP contribution in [0.4, 0.5) is 10.1 Å². The van der Waals surface area contributed by atoms with Gasteiger partial charge >= 0.3 is 0 Å². The third kappa shape index (κ3) is 2.71. The molecule has 1 aromatic carbocycles. The summed E-state index contributed by atoms with van der Waals surface area (Å²) in [6.45, 7) is 2.44. The molecule has 1 aromatic heterocycles. The van der Waals surface area contributed by atoms with E-state index in [1.807, 2.05) is 12.3 Å². The molecular weight excluding hydrogens is 247 g/mol. The van der Waals surface area contributed by atoms with Gasteiger partial charge in [0.05, 0.1) is 12.2 Å². The van der Waals surface area contributed by atoms with Crippen molar-refractivity contribution in [3.05, 3.63) is 45.1 Å². The molecule has 0 spiro atoms. The van der Waals surface area contributed by atoms with Gasteiger partial charge < -0.3 is 5.32 Å². The Morgan fingerprint density at radius 3 is 3.00 bits per heavy atom. The average Bonchev–Trinajstić information content (AvgIpc) is 2.66. The fourth-order valence-electron chi connectivity index (χ4n) is 1.29. The fraction of sp³-hybridized carbons (Fsp3) is 0.182. The molecule has 0 fully saturated rings. The summed E-state index contributed by atoms with van der Waals surface area (Å²) in [6.07, 6.45) is 0. The molecule has 0 saturated heterocycles. The van der Waals surface area contributed by atoms with Crippen molar-refractivity contribution in [1.29, 1.82) is 0 Å². The third-order valence-corrected chi connectivity index (χ3v) is 3.23. The minimum absolute atomic E-state index is 0.308. The van der Waals surface area contributed by atoms with Crippen molar-refractivity contribution in [3.8, 4) is 0 Å². The minimum atomic E-state index is -0.308. The number of rotatable bonds is 3. The fourth-order valence-corrected chi connectivity index (χ4v) is 2.17. The Morgan fingerprint density at radius 2 is 2.31 bits per heavy atom. The number of aryl methyl sites for hydroxylation is 1. The van der Waals surface area contributed by atoms with Crippen LogP contribution in [-0.4, -0.2) is 4.98 Å². The summed E-state index contributed by atoms with van der Waals surface area (Å²) in [6, 6.07) is 4.44. The molecule has 0 aliphatic heterocycles. The van der Waals surface area contributed by atoms with E-state index in [-0.39, 0.29) is 5.82 Å². The first kappa shape index (κ1) is 11.4. The zero-order valence-corrected chi connectivity index (χ0v) is 10.2. The summed E-state index contributed by atoms with van der Waals surface area (Å²) in [5, 5.41) is 6.38. The van der Waals surface area contributed by atoms with E-state index in [4.69, 9.17) is 11.6 Å². The Balaban J connectivity index is 2.07. The number of hydrogen-bond acceptors (Lipinski definition) is 3. The van der Waals surface area contributed by atoms with Gasteiger partial charge in [-0.15, -0.1) is 11.3 Å². The van der Waals surface area contributed by atoms with E-state index in [1.165, 1.54) is 12.1 Å². The first-order valence-corrected chi connectivity index (χ1v) is 6.01. The Labute approximate surface area is 102 Å². The highest BCUT2D eigenvalue weighted by Gasteiger charge is 2.04. The highest BCUT2D eigenvalue weighted by molar-refractivity contribution is 7.09. The molecule has 0 radical (unpaired) electrons. The first-order chi connectivity index (χ1) is 7.65. The topological polar surface area (TPSA) is 24.9 Å². The van der Waals surface area contributed by atoms with Gasteiger partial charge in [-0.3, -0.25) is 0 Å². The molecule has 0 aliphatic rings. The quantitative estimate of drug-likeness (QED) is 0.902. The molecule has 84 valence electrons. The molecule has 2 aromatic rings. The van der Waals surface area contributed by atoms with E-state index in [1.54, 1.807) is 17.4 Å². The highest BCUT2D eigenvalue weighted by atomic mass is 35.5. The van der Waals surface area contributed by atoms with Crippen molar-refractivity contribution >= 4 is 28.6 Å². The summed E-state index contributed by atoms with van der Waals surface area (Å²) >= 11 is 7.33. The second-order valence-electron chi connectivity index (χ2n) is 3.36. The van der Waals surface area contributed by atoms with E-state index in [2.05, 4.69) is 10.3 Å². The van der Waals surface area contributed by atoms with Crippen LogP contribution in [0.3, 0.4) is 0 Å². The second-order valence-corrected chi connectivity index (χ2v) is 4.74. The van der Waals surface area contributed by atoms with Crippen molar-refractivity contribution in [2.45, 2.75) is 13.5 Å². The van der Waals surface area contributed by atoms with Crippen LogP contribution in [0.25, 0.3) is 0 Å². The number of nitrogens with one attached hydrogen (secondary N) is 1. The molecule has 0 amide bonds. The van der Waals surface area contributed by atoms with Crippen LogP contribution in [0.1, 0.15) is 10.7 Å². The molecule has 16 heavy (non-hydrogen) atoms. The smallest absolute Gasteiger partial charge is 0.146 e. The molecule has 1 heterocycles. The summed E-state index contributed by atoms with van der Waals surface area (Å²) in [4.78, 5) is 4.28. The van der Waals surface area contributed by atoms with Gasteiger partial charge in [0.15, 0.2) is 0 Å². The van der Waals surface area contributed by atoms with Crippen molar-refractivity contribution in [3.63, 3.8) is 0 Å². The predicted octanol–water partition coefficient (Wildman–Crippen LogP) is 3.86. The van der Waals surface area contributed by atoms with Gasteiger partial charge in [-0.2, -0.15) is 0 Å². The monoisotopic (exact) mass is 256 g/mol. The number of halogens is 2. The van der Waals surface area contributed by atoms with E-state index >= 15 is 0 Å². The Bertz CT molecular complexity index is 498. The van der Waals surface area contributed by atoms with Gasteiger partial charge in [0.2, 0.25) is 0 Å². The molecule has 1 N–H and O–H groups in total.